The summed E-state index contributed by atoms with van der Waals surface area (Å²) in [6, 6.07) is 16.2. The molecule has 1 fully saturated rings. The van der Waals surface area contributed by atoms with Crippen LogP contribution < -0.4 is 9.46 Å². The molecule has 2 aromatic rings. The van der Waals surface area contributed by atoms with E-state index in [9.17, 15) is 13.2 Å². The van der Waals surface area contributed by atoms with Gasteiger partial charge in [0.1, 0.15) is 11.5 Å². The SMILES string of the molecule is CC(C)Oc1ccc(NS(=O)(=O)CC(=O)N2CCCN(Cc3ccc(C#N)cc3)CC2)cc1. The zero-order chi connectivity index (χ0) is 23.8. The normalized spacial score (nSPS) is 15.0. The molecule has 3 rings (SSSR count). The van der Waals surface area contributed by atoms with E-state index in [1.807, 2.05) is 26.0 Å². The predicted octanol–water partition coefficient (Wildman–Crippen LogP) is 2.82. The molecule has 1 heterocycles. The molecule has 1 amide bonds. The van der Waals surface area contributed by atoms with E-state index < -0.39 is 21.7 Å². The largest absolute Gasteiger partial charge is 0.491 e. The standard InChI is InChI=1S/C24H30N4O4S/c1-19(2)32-23-10-8-22(9-11-23)26-33(30,31)18-24(29)28-13-3-12-27(14-15-28)17-21-6-4-20(16-25)5-7-21/h4-11,19,26H,3,12-15,17-18H2,1-2H3. The Morgan fingerprint density at radius 3 is 2.39 bits per heavy atom. The van der Waals surface area contributed by atoms with Crippen molar-refractivity contribution < 1.29 is 17.9 Å². The lowest BCUT2D eigenvalue weighted by molar-refractivity contribution is -0.128. The van der Waals surface area contributed by atoms with Crippen molar-refractivity contribution in [3.05, 3.63) is 59.7 Å². The van der Waals surface area contributed by atoms with Crippen molar-refractivity contribution in [3.8, 4) is 11.8 Å². The van der Waals surface area contributed by atoms with Crippen molar-refractivity contribution in [2.24, 2.45) is 0 Å². The summed E-state index contributed by atoms with van der Waals surface area (Å²) in [4.78, 5) is 16.6. The number of carbonyl (C=O) groups is 1. The Balaban J connectivity index is 1.51. The number of nitrogens with zero attached hydrogens (tertiary/aromatic N) is 3. The summed E-state index contributed by atoms with van der Waals surface area (Å²) < 4.78 is 33.1. The van der Waals surface area contributed by atoms with Gasteiger partial charge in [-0.3, -0.25) is 14.4 Å². The third-order valence-electron chi connectivity index (χ3n) is 5.24. The molecule has 2 aromatic carbocycles. The molecule has 0 bridgehead atoms. The van der Waals surface area contributed by atoms with Gasteiger partial charge >= 0.3 is 0 Å². The lowest BCUT2D eigenvalue weighted by atomic mass is 10.1. The van der Waals surface area contributed by atoms with Crippen LogP contribution in [-0.4, -0.2) is 62.2 Å². The molecule has 0 aliphatic carbocycles. The van der Waals surface area contributed by atoms with Crippen LogP contribution >= 0.6 is 0 Å². The smallest absolute Gasteiger partial charge is 0.241 e. The maximum Gasteiger partial charge on any atom is 0.241 e. The van der Waals surface area contributed by atoms with Gasteiger partial charge in [-0.25, -0.2) is 8.42 Å². The number of nitriles is 1. The van der Waals surface area contributed by atoms with Crippen molar-refractivity contribution in [3.63, 3.8) is 0 Å². The number of rotatable bonds is 8. The predicted molar refractivity (Wildman–Crippen MR) is 127 cm³/mol. The van der Waals surface area contributed by atoms with Crippen molar-refractivity contribution in [1.29, 1.82) is 5.26 Å². The number of amides is 1. The Hall–Kier alpha value is -3.09. The maximum atomic E-state index is 12.7. The zero-order valence-electron chi connectivity index (χ0n) is 19.0. The molecule has 33 heavy (non-hydrogen) atoms. The number of benzene rings is 2. The van der Waals surface area contributed by atoms with Crippen LogP contribution in [0.4, 0.5) is 5.69 Å². The number of carbonyl (C=O) groups excluding carboxylic acids is 1. The van der Waals surface area contributed by atoms with Crippen LogP contribution in [0.15, 0.2) is 48.5 Å². The fourth-order valence-electron chi connectivity index (χ4n) is 3.66. The van der Waals surface area contributed by atoms with Crippen molar-refractivity contribution in [1.82, 2.24) is 9.80 Å². The summed E-state index contributed by atoms with van der Waals surface area (Å²) in [5.41, 5.74) is 2.12. The summed E-state index contributed by atoms with van der Waals surface area (Å²) in [6.45, 7) is 7.04. The third kappa shape index (κ3) is 7.77. The van der Waals surface area contributed by atoms with E-state index in [2.05, 4.69) is 15.7 Å². The fraction of sp³-hybridized carbons (Fsp3) is 0.417. The molecule has 0 spiro atoms. The van der Waals surface area contributed by atoms with Gasteiger partial charge in [0.25, 0.3) is 0 Å². The zero-order valence-corrected chi connectivity index (χ0v) is 19.8. The minimum atomic E-state index is -3.82. The molecule has 9 heteroatoms. The number of ether oxygens (including phenoxy) is 1. The Morgan fingerprint density at radius 1 is 1.06 bits per heavy atom. The molecule has 0 saturated carbocycles. The van der Waals surface area contributed by atoms with Gasteiger partial charge in [-0.1, -0.05) is 12.1 Å². The lowest BCUT2D eigenvalue weighted by Gasteiger charge is -2.22. The first-order valence-electron chi connectivity index (χ1n) is 11.0. The molecule has 1 N–H and O–H groups in total. The second-order valence-corrected chi connectivity index (χ2v) is 10.1. The molecule has 0 atom stereocenters. The average Bonchev–Trinajstić information content (AvgIpc) is 3.00. The Labute approximate surface area is 195 Å². The lowest BCUT2D eigenvalue weighted by Crippen LogP contribution is -2.39. The van der Waals surface area contributed by atoms with Crippen LogP contribution in [0, 0.1) is 11.3 Å². The van der Waals surface area contributed by atoms with Gasteiger partial charge in [-0.2, -0.15) is 5.26 Å². The van der Waals surface area contributed by atoms with Crippen LogP contribution in [0.2, 0.25) is 0 Å². The number of anilines is 1. The topological polar surface area (TPSA) is 103 Å². The van der Waals surface area contributed by atoms with Crippen molar-refractivity contribution >= 4 is 21.6 Å². The average molecular weight is 471 g/mol. The van der Waals surface area contributed by atoms with Gasteiger partial charge in [-0.05, 0) is 62.2 Å². The fourth-order valence-corrected chi connectivity index (χ4v) is 4.74. The highest BCUT2D eigenvalue weighted by Crippen LogP contribution is 2.18. The van der Waals surface area contributed by atoms with Gasteiger partial charge in [0.15, 0.2) is 0 Å². The molecule has 1 saturated heterocycles. The molecular weight excluding hydrogens is 440 g/mol. The first kappa shape index (κ1) is 24.6. The molecule has 8 nitrogen and oxygen atoms in total. The second kappa shape index (κ2) is 11.2. The minimum Gasteiger partial charge on any atom is -0.491 e. The highest BCUT2D eigenvalue weighted by atomic mass is 32.2. The van der Waals surface area contributed by atoms with Crippen LogP contribution in [0.3, 0.4) is 0 Å². The van der Waals surface area contributed by atoms with Crippen LogP contribution in [0.25, 0.3) is 0 Å². The van der Waals surface area contributed by atoms with Gasteiger partial charge in [0.05, 0.1) is 17.7 Å². The Kier molecular flexibility index (Phi) is 8.31. The summed E-state index contributed by atoms with van der Waals surface area (Å²) in [7, 11) is -3.82. The summed E-state index contributed by atoms with van der Waals surface area (Å²) in [6.07, 6.45) is 0.797. The highest BCUT2D eigenvalue weighted by Gasteiger charge is 2.24. The first-order valence-corrected chi connectivity index (χ1v) is 12.7. The van der Waals surface area contributed by atoms with E-state index in [1.165, 1.54) is 0 Å². The summed E-state index contributed by atoms with van der Waals surface area (Å²) in [5, 5.41) is 8.92. The van der Waals surface area contributed by atoms with Crippen molar-refractivity contribution in [2.45, 2.75) is 32.9 Å². The molecule has 0 radical (unpaired) electrons. The number of hydrogen-bond acceptors (Lipinski definition) is 6. The van der Waals surface area contributed by atoms with Gasteiger partial charge in [0.2, 0.25) is 15.9 Å². The van der Waals surface area contributed by atoms with E-state index in [-0.39, 0.29) is 6.10 Å². The van der Waals surface area contributed by atoms with E-state index in [0.29, 0.717) is 36.6 Å². The highest BCUT2D eigenvalue weighted by molar-refractivity contribution is 7.93. The maximum absolute atomic E-state index is 12.7. The van der Waals surface area contributed by atoms with E-state index in [4.69, 9.17) is 10.00 Å². The summed E-state index contributed by atoms with van der Waals surface area (Å²) in [5.74, 6) is -0.339. The van der Waals surface area contributed by atoms with Crippen LogP contribution in [0.1, 0.15) is 31.4 Å². The van der Waals surface area contributed by atoms with E-state index >= 15 is 0 Å². The number of sulfonamides is 1. The van der Waals surface area contributed by atoms with Crippen LogP contribution in [0.5, 0.6) is 5.75 Å². The van der Waals surface area contributed by atoms with E-state index in [1.54, 1.807) is 41.3 Å². The summed E-state index contributed by atoms with van der Waals surface area (Å²) >= 11 is 0. The molecule has 0 aromatic heterocycles. The third-order valence-corrected chi connectivity index (χ3v) is 6.42. The van der Waals surface area contributed by atoms with Gasteiger partial charge in [-0.15, -0.1) is 0 Å². The number of nitrogens with one attached hydrogen (secondary N) is 1. The minimum absolute atomic E-state index is 0.0267. The quantitative estimate of drug-likeness (QED) is 0.636. The number of hydrogen-bond donors (Lipinski definition) is 1. The first-order chi connectivity index (χ1) is 15.7. The van der Waals surface area contributed by atoms with Gasteiger partial charge in [0, 0.05) is 38.4 Å². The monoisotopic (exact) mass is 470 g/mol. The van der Waals surface area contributed by atoms with Crippen molar-refractivity contribution in [2.75, 3.05) is 36.7 Å². The van der Waals surface area contributed by atoms with E-state index in [0.717, 1.165) is 25.1 Å². The second-order valence-electron chi connectivity index (χ2n) is 8.37. The molecule has 176 valence electrons. The van der Waals surface area contributed by atoms with Gasteiger partial charge < -0.3 is 9.64 Å². The Morgan fingerprint density at radius 2 is 1.76 bits per heavy atom. The Bertz CT molecular complexity index is 1080. The molecule has 0 unspecified atom stereocenters. The van der Waals surface area contributed by atoms with Crippen LogP contribution in [-0.2, 0) is 21.4 Å². The molecule has 1 aliphatic rings. The molecular formula is C24H30N4O4S. The molecule has 1 aliphatic heterocycles.